The molecule has 0 aromatic rings. The van der Waals surface area contributed by atoms with Crippen LogP contribution in [0.1, 0.15) is 58.8 Å². The largest absolute Gasteiger partial charge is 0.396 e. The quantitative estimate of drug-likeness (QED) is 0.311. The summed E-state index contributed by atoms with van der Waals surface area (Å²) in [6, 6.07) is 0. The fourth-order valence-corrected chi connectivity index (χ4v) is 1.82. The highest BCUT2D eigenvalue weighted by Crippen LogP contribution is 2.11. The fourth-order valence-electron chi connectivity index (χ4n) is 1.82. The van der Waals surface area contributed by atoms with Gasteiger partial charge in [0.2, 0.25) is 0 Å². The van der Waals surface area contributed by atoms with Crippen molar-refractivity contribution in [2.24, 2.45) is 0 Å². The Bertz CT molecular complexity index is 175. The summed E-state index contributed by atoms with van der Waals surface area (Å²) in [6.07, 6.45) is 12.0. The minimum atomic E-state index is -0.00977. The molecule has 0 amide bonds. The molecule has 0 rings (SSSR count). The first-order chi connectivity index (χ1) is 8.85. The van der Waals surface area contributed by atoms with Crippen LogP contribution in [0.5, 0.6) is 0 Å². The van der Waals surface area contributed by atoms with Crippen molar-refractivity contribution in [1.29, 1.82) is 0 Å². The second-order valence-electron chi connectivity index (χ2n) is 4.32. The van der Waals surface area contributed by atoms with E-state index in [0.29, 0.717) is 0 Å². The van der Waals surface area contributed by atoms with Crippen molar-refractivity contribution in [3.05, 3.63) is 12.2 Å². The van der Waals surface area contributed by atoms with Crippen LogP contribution in [0.15, 0.2) is 12.2 Å². The van der Waals surface area contributed by atoms with E-state index in [9.17, 15) is 0 Å². The summed E-state index contributed by atoms with van der Waals surface area (Å²) in [7, 11) is 0. The summed E-state index contributed by atoms with van der Waals surface area (Å²) in [6.45, 7) is 5.71. The minimum Gasteiger partial charge on any atom is -0.396 e. The number of aliphatic hydroxyl groups excluding tert-OH is 1. The van der Waals surface area contributed by atoms with E-state index >= 15 is 0 Å². The first kappa shape index (κ1) is 17.6. The van der Waals surface area contributed by atoms with Crippen LogP contribution in [0.3, 0.4) is 0 Å². The number of ether oxygens (including phenoxy) is 2. The monoisotopic (exact) mass is 258 g/mol. The van der Waals surface area contributed by atoms with E-state index in [2.05, 4.69) is 12.2 Å². The predicted molar refractivity (Wildman–Crippen MR) is 75.6 cm³/mol. The minimum absolute atomic E-state index is 0.00977. The van der Waals surface area contributed by atoms with Crippen LogP contribution in [-0.4, -0.2) is 31.2 Å². The first-order valence-corrected chi connectivity index (χ1v) is 7.34. The van der Waals surface area contributed by atoms with Crippen molar-refractivity contribution in [2.45, 2.75) is 65.1 Å². The standard InChI is InChI=1S/C15H30O3/c1-3-17-15(18-4-2)13-11-9-7-5-6-8-10-12-14-16/h8,10,15-16H,3-7,9,11-14H2,1-2H3/b10-8+. The molecule has 108 valence electrons. The number of hydrogen-bond acceptors (Lipinski definition) is 3. The van der Waals surface area contributed by atoms with Crippen molar-refractivity contribution >= 4 is 0 Å². The smallest absolute Gasteiger partial charge is 0.157 e. The SMILES string of the molecule is CCOC(CCCCCC/C=C/CCO)OCC. The molecule has 0 aliphatic rings. The summed E-state index contributed by atoms with van der Waals surface area (Å²) in [4.78, 5) is 0. The van der Waals surface area contributed by atoms with Crippen molar-refractivity contribution in [3.8, 4) is 0 Å². The number of hydrogen-bond donors (Lipinski definition) is 1. The lowest BCUT2D eigenvalue weighted by atomic mass is 10.1. The molecule has 0 bridgehead atoms. The zero-order valence-electron chi connectivity index (χ0n) is 12.1. The maximum absolute atomic E-state index is 8.60. The molecule has 0 aliphatic heterocycles. The normalized spacial score (nSPS) is 11.8. The van der Waals surface area contributed by atoms with Crippen molar-refractivity contribution in [2.75, 3.05) is 19.8 Å². The molecule has 0 spiro atoms. The summed E-state index contributed by atoms with van der Waals surface area (Å²) in [5.41, 5.74) is 0. The second kappa shape index (κ2) is 14.7. The van der Waals surface area contributed by atoms with Gasteiger partial charge in [-0.2, -0.15) is 0 Å². The molecule has 3 heteroatoms. The Hall–Kier alpha value is -0.380. The van der Waals surface area contributed by atoms with E-state index in [1.165, 1.54) is 25.7 Å². The third-order valence-corrected chi connectivity index (χ3v) is 2.73. The molecule has 3 nitrogen and oxygen atoms in total. The van der Waals surface area contributed by atoms with Gasteiger partial charge in [-0.25, -0.2) is 0 Å². The molecule has 0 fully saturated rings. The van der Waals surface area contributed by atoms with Gasteiger partial charge in [0.05, 0.1) is 0 Å². The number of allylic oxidation sites excluding steroid dienone is 1. The lowest BCUT2D eigenvalue weighted by Crippen LogP contribution is -2.17. The maximum atomic E-state index is 8.60. The van der Waals surface area contributed by atoms with Gasteiger partial charge in [0, 0.05) is 19.8 Å². The zero-order chi connectivity index (χ0) is 13.5. The summed E-state index contributed by atoms with van der Waals surface area (Å²) < 4.78 is 11.0. The van der Waals surface area contributed by atoms with Crippen LogP contribution in [0.4, 0.5) is 0 Å². The number of unbranched alkanes of at least 4 members (excludes halogenated alkanes) is 4. The topological polar surface area (TPSA) is 38.7 Å². The van der Waals surface area contributed by atoms with E-state index in [-0.39, 0.29) is 12.9 Å². The highest BCUT2D eigenvalue weighted by molar-refractivity contribution is 4.80. The average molecular weight is 258 g/mol. The van der Waals surface area contributed by atoms with E-state index in [0.717, 1.165) is 32.5 Å². The zero-order valence-corrected chi connectivity index (χ0v) is 12.1. The molecule has 0 unspecified atom stereocenters. The summed E-state index contributed by atoms with van der Waals surface area (Å²) >= 11 is 0. The molecular weight excluding hydrogens is 228 g/mol. The Balaban J connectivity index is 3.31. The highest BCUT2D eigenvalue weighted by Gasteiger charge is 2.06. The molecule has 0 aliphatic carbocycles. The van der Waals surface area contributed by atoms with Crippen LogP contribution >= 0.6 is 0 Å². The Kier molecular flexibility index (Phi) is 14.4. The average Bonchev–Trinajstić information content (AvgIpc) is 2.37. The maximum Gasteiger partial charge on any atom is 0.157 e. The van der Waals surface area contributed by atoms with Crippen LogP contribution < -0.4 is 0 Å². The Morgan fingerprint density at radius 1 is 0.889 bits per heavy atom. The summed E-state index contributed by atoms with van der Waals surface area (Å²) in [5, 5.41) is 8.60. The second-order valence-corrected chi connectivity index (χ2v) is 4.32. The van der Waals surface area contributed by atoms with Crippen molar-refractivity contribution in [1.82, 2.24) is 0 Å². The van der Waals surface area contributed by atoms with Gasteiger partial charge >= 0.3 is 0 Å². The van der Waals surface area contributed by atoms with Crippen LogP contribution in [0.25, 0.3) is 0 Å². The molecule has 18 heavy (non-hydrogen) atoms. The third-order valence-electron chi connectivity index (χ3n) is 2.73. The van der Waals surface area contributed by atoms with Crippen molar-refractivity contribution < 1.29 is 14.6 Å². The van der Waals surface area contributed by atoms with Gasteiger partial charge < -0.3 is 14.6 Å². The Morgan fingerprint density at radius 3 is 2.11 bits per heavy atom. The van der Waals surface area contributed by atoms with Gasteiger partial charge in [0.25, 0.3) is 0 Å². The van der Waals surface area contributed by atoms with Crippen LogP contribution in [-0.2, 0) is 9.47 Å². The molecule has 0 saturated carbocycles. The predicted octanol–water partition coefficient (Wildman–Crippen LogP) is 3.66. The number of aliphatic hydroxyl groups is 1. The Morgan fingerprint density at radius 2 is 1.50 bits per heavy atom. The fraction of sp³-hybridized carbons (Fsp3) is 0.867. The first-order valence-electron chi connectivity index (χ1n) is 7.34. The van der Waals surface area contributed by atoms with E-state index in [1.54, 1.807) is 0 Å². The van der Waals surface area contributed by atoms with E-state index < -0.39 is 0 Å². The van der Waals surface area contributed by atoms with Crippen LogP contribution in [0, 0.1) is 0 Å². The van der Waals surface area contributed by atoms with E-state index in [4.69, 9.17) is 14.6 Å². The molecule has 0 aromatic heterocycles. The third kappa shape index (κ3) is 12.1. The lowest BCUT2D eigenvalue weighted by Gasteiger charge is -2.16. The molecule has 1 N–H and O–H groups in total. The molecular formula is C15H30O3. The molecule has 0 heterocycles. The molecule has 0 saturated heterocycles. The van der Waals surface area contributed by atoms with Crippen LogP contribution in [0.2, 0.25) is 0 Å². The highest BCUT2D eigenvalue weighted by atomic mass is 16.7. The molecule has 0 atom stereocenters. The van der Waals surface area contributed by atoms with Gasteiger partial charge in [-0.1, -0.05) is 25.0 Å². The van der Waals surface area contributed by atoms with Gasteiger partial charge in [-0.15, -0.1) is 0 Å². The van der Waals surface area contributed by atoms with E-state index in [1.807, 2.05) is 13.8 Å². The van der Waals surface area contributed by atoms with Gasteiger partial charge in [0.1, 0.15) is 0 Å². The summed E-state index contributed by atoms with van der Waals surface area (Å²) in [5.74, 6) is 0. The van der Waals surface area contributed by atoms with Gasteiger partial charge in [0.15, 0.2) is 6.29 Å². The van der Waals surface area contributed by atoms with Gasteiger partial charge in [-0.3, -0.25) is 0 Å². The van der Waals surface area contributed by atoms with Crippen molar-refractivity contribution in [3.63, 3.8) is 0 Å². The number of rotatable bonds is 13. The molecule has 0 aromatic carbocycles. The van der Waals surface area contributed by atoms with Gasteiger partial charge in [-0.05, 0) is 46.0 Å². The Labute approximate surface area is 112 Å². The molecule has 0 radical (unpaired) electrons. The lowest BCUT2D eigenvalue weighted by molar-refractivity contribution is -0.140.